The van der Waals surface area contributed by atoms with Crippen LogP contribution < -0.4 is 5.32 Å². The summed E-state index contributed by atoms with van der Waals surface area (Å²) in [5.74, 6) is -0.114. The minimum Gasteiger partial charge on any atom is -0.465 e. The summed E-state index contributed by atoms with van der Waals surface area (Å²) in [4.78, 5) is 14.4. The highest BCUT2D eigenvalue weighted by molar-refractivity contribution is 5.81. The first-order valence-corrected chi connectivity index (χ1v) is 6.36. The second-order valence-corrected chi connectivity index (χ2v) is 4.63. The van der Waals surface area contributed by atoms with Crippen LogP contribution in [0.4, 0.5) is 0 Å². The van der Waals surface area contributed by atoms with Crippen LogP contribution in [0.1, 0.15) is 26.2 Å². The largest absolute Gasteiger partial charge is 0.465 e. The van der Waals surface area contributed by atoms with Gasteiger partial charge in [0.1, 0.15) is 5.54 Å². The highest BCUT2D eigenvalue weighted by Gasteiger charge is 2.39. The van der Waals surface area contributed by atoms with E-state index in [9.17, 15) is 4.79 Å². The Bertz CT molecular complexity index is 268. The number of hydrogen-bond donors (Lipinski definition) is 1. The first-order valence-electron chi connectivity index (χ1n) is 6.36. The summed E-state index contributed by atoms with van der Waals surface area (Å²) in [6, 6.07) is 0. The molecule has 0 amide bonds. The van der Waals surface area contributed by atoms with Gasteiger partial charge in [-0.2, -0.15) is 0 Å². The first kappa shape index (κ1) is 14.2. The summed E-state index contributed by atoms with van der Waals surface area (Å²) >= 11 is 0. The van der Waals surface area contributed by atoms with E-state index in [0.717, 1.165) is 32.4 Å². The maximum absolute atomic E-state index is 12.1. The minimum atomic E-state index is -0.519. The Morgan fingerprint density at radius 3 is 2.94 bits per heavy atom. The van der Waals surface area contributed by atoms with Crippen LogP contribution in [0.2, 0.25) is 0 Å². The molecule has 0 aromatic carbocycles. The maximum atomic E-state index is 12.1. The molecule has 4 heteroatoms. The molecule has 0 aromatic rings. The molecule has 1 rings (SSSR count). The molecular formula is C13H24N2O2. The Kier molecular flexibility index (Phi) is 5.65. The van der Waals surface area contributed by atoms with E-state index in [4.69, 9.17) is 4.74 Å². The van der Waals surface area contributed by atoms with E-state index in [2.05, 4.69) is 23.8 Å². The zero-order valence-corrected chi connectivity index (χ0v) is 11.0. The molecule has 1 atom stereocenters. The molecule has 1 saturated heterocycles. The van der Waals surface area contributed by atoms with E-state index in [1.165, 1.54) is 0 Å². The van der Waals surface area contributed by atoms with Gasteiger partial charge in [-0.15, -0.1) is 6.58 Å². The first-order chi connectivity index (χ1) is 8.14. The molecule has 0 saturated carbocycles. The van der Waals surface area contributed by atoms with Gasteiger partial charge in [0, 0.05) is 13.1 Å². The van der Waals surface area contributed by atoms with Gasteiger partial charge < -0.3 is 9.64 Å². The Morgan fingerprint density at radius 2 is 2.29 bits per heavy atom. The lowest BCUT2D eigenvalue weighted by Crippen LogP contribution is -2.53. The van der Waals surface area contributed by atoms with Gasteiger partial charge in [-0.3, -0.25) is 10.1 Å². The Morgan fingerprint density at radius 1 is 1.53 bits per heavy atom. The van der Waals surface area contributed by atoms with Crippen LogP contribution in [-0.4, -0.2) is 49.7 Å². The standard InChI is InChI=1S/C13H24N2O2/c1-4-9-14-13(12(16)17-5-2)7-6-10-15(3)11-8-13/h4,14H,1,5-11H2,2-3H3. The molecule has 1 N–H and O–H groups in total. The van der Waals surface area contributed by atoms with Gasteiger partial charge in [0.15, 0.2) is 0 Å². The van der Waals surface area contributed by atoms with E-state index in [1.807, 2.05) is 6.92 Å². The van der Waals surface area contributed by atoms with Crippen LogP contribution in [0.3, 0.4) is 0 Å². The molecule has 0 radical (unpaired) electrons. The van der Waals surface area contributed by atoms with Crippen LogP contribution in [0.15, 0.2) is 12.7 Å². The summed E-state index contributed by atoms with van der Waals surface area (Å²) in [5.41, 5.74) is -0.519. The second kappa shape index (κ2) is 6.77. The second-order valence-electron chi connectivity index (χ2n) is 4.63. The lowest BCUT2D eigenvalue weighted by atomic mass is 9.90. The van der Waals surface area contributed by atoms with Crippen molar-refractivity contribution < 1.29 is 9.53 Å². The fraction of sp³-hybridized carbons (Fsp3) is 0.769. The molecular weight excluding hydrogens is 216 g/mol. The number of carbonyl (C=O) groups is 1. The van der Waals surface area contributed by atoms with Crippen molar-refractivity contribution in [2.75, 3.05) is 33.3 Å². The van der Waals surface area contributed by atoms with Gasteiger partial charge in [-0.25, -0.2) is 0 Å². The third-order valence-corrected chi connectivity index (χ3v) is 3.31. The Balaban J connectivity index is 2.75. The Hall–Kier alpha value is -0.870. The molecule has 1 fully saturated rings. The summed E-state index contributed by atoms with van der Waals surface area (Å²) in [7, 11) is 2.09. The normalized spacial score (nSPS) is 26.2. The molecule has 98 valence electrons. The number of nitrogens with one attached hydrogen (secondary N) is 1. The van der Waals surface area contributed by atoms with E-state index in [1.54, 1.807) is 6.08 Å². The summed E-state index contributed by atoms with van der Waals surface area (Å²) in [6.45, 7) is 8.58. The Labute approximate surface area is 104 Å². The third-order valence-electron chi connectivity index (χ3n) is 3.31. The molecule has 1 aliphatic rings. The van der Waals surface area contributed by atoms with E-state index >= 15 is 0 Å². The molecule has 4 nitrogen and oxygen atoms in total. The number of carbonyl (C=O) groups excluding carboxylic acids is 1. The minimum absolute atomic E-state index is 0.114. The van der Waals surface area contributed by atoms with Crippen molar-refractivity contribution in [1.82, 2.24) is 10.2 Å². The van der Waals surface area contributed by atoms with Gasteiger partial charge in [-0.05, 0) is 39.8 Å². The predicted molar refractivity (Wildman–Crippen MR) is 68.9 cm³/mol. The third kappa shape index (κ3) is 3.82. The molecule has 0 spiro atoms. The fourth-order valence-corrected chi connectivity index (χ4v) is 2.26. The van der Waals surface area contributed by atoms with Crippen LogP contribution in [0.5, 0.6) is 0 Å². The van der Waals surface area contributed by atoms with Gasteiger partial charge in [0.05, 0.1) is 6.61 Å². The van der Waals surface area contributed by atoms with Crippen molar-refractivity contribution in [2.45, 2.75) is 31.7 Å². The topological polar surface area (TPSA) is 41.6 Å². The average molecular weight is 240 g/mol. The molecule has 0 bridgehead atoms. The van der Waals surface area contributed by atoms with Crippen molar-refractivity contribution in [3.05, 3.63) is 12.7 Å². The van der Waals surface area contributed by atoms with Crippen LogP contribution in [0, 0.1) is 0 Å². The zero-order valence-electron chi connectivity index (χ0n) is 11.0. The average Bonchev–Trinajstić information content (AvgIpc) is 2.50. The van der Waals surface area contributed by atoms with Gasteiger partial charge in [0.25, 0.3) is 0 Å². The number of hydrogen-bond acceptors (Lipinski definition) is 4. The van der Waals surface area contributed by atoms with Crippen molar-refractivity contribution in [3.63, 3.8) is 0 Å². The molecule has 0 aliphatic carbocycles. The van der Waals surface area contributed by atoms with E-state index < -0.39 is 5.54 Å². The molecule has 0 aromatic heterocycles. The van der Waals surface area contributed by atoms with Crippen molar-refractivity contribution in [3.8, 4) is 0 Å². The highest BCUT2D eigenvalue weighted by atomic mass is 16.5. The quantitative estimate of drug-likeness (QED) is 0.579. The van der Waals surface area contributed by atoms with E-state index in [0.29, 0.717) is 13.2 Å². The molecule has 1 heterocycles. The van der Waals surface area contributed by atoms with Crippen LogP contribution >= 0.6 is 0 Å². The fourth-order valence-electron chi connectivity index (χ4n) is 2.26. The zero-order chi connectivity index (χ0) is 12.7. The number of likely N-dealkylation sites (tertiary alicyclic amines) is 1. The summed E-state index contributed by atoms with van der Waals surface area (Å²) in [5, 5.41) is 3.31. The van der Waals surface area contributed by atoms with E-state index in [-0.39, 0.29) is 5.97 Å². The van der Waals surface area contributed by atoms with Crippen LogP contribution in [-0.2, 0) is 9.53 Å². The lowest BCUT2D eigenvalue weighted by molar-refractivity contribution is -0.151. The van der Waals surface area contributed by atoms with Gasteiger partial charge in [0.2, 0.25) is 0 Å². The smallest absolute Gasteiger partial charge is 0.326 e. The number of ether oxygens (including phenoxy) is 1. The molecule has 1 aliphatic heterocycles. The summed E-state index contributed by atoms with van der Waals surface area (Å²) in [6.07, 6.45) is 4.44. The monoisotopic (exact) mass is 240 g/mol. The maximum Gasteiger partial charge on any atom is 0.326 e. The highest BCUT2D eigenvalue weighted by Crippen LogP contribution is 2.23. The van der Waals surface area contributed by atoms with Crippen molar-refractivity contribution >= 4 is 5.97 Å². The van der Waals surface area contributed by atoms with Gasteiger partial charge in [-0.1, -0.05) is 6.08 Å². The lowest BCUT2D eigenvalue weighted by Gasteiger charge is -2.31. The number of esters is 1. The van der Waals surface area contributed by atoms with Crippen molar-refractivity contribution in [1.29, 1.82) is 0 Å². The SMILES string of the molecule is C=CCNC1(C(=O)OCC)CCCN(C)CC1. The van der Waals surface area contributed by atoms with Crippen molar-refractivity contribution in [2.24, 2.45) is 0 Å². The number of nitrogens with zero attached hydrogens (tertiary/aromatic N) is 1. The number of rotatable bonds is 5. The summed E-state index contributed by atoms with van der Waals surface area (Å²) < 4.78 is 5.22. The van der Waals surface area contributed by atoms with Crippen LogP contribution in [0.25, 0.3) is 0 Å². The molecule has 1 unspecified atom stereocenters. The van der Waals surface area contributed by atoms with Gasteiger partial charge >= 0.3 is 5.97 Å². The molecule has 17 heavy (non-hydrogen) atoms. The predicted octanol–water partition coefficient (Wildman–Crippen LogP) is 1.18.